The molecule has 0 spiro atoms. The third kappa shape index (κ3) is 4.30. The summed E-state index contributed by atoms with van der Waals surface area (Å²) in [6.07, 6.45) is 0.165. The molecule has 0 radical (unpaired) electrons. The van der Waals surface area contributed by atoms with E-state index in [2.05, 4.69) is 37.3 Å². The Morgan fingerprint density at radius 1 is 1.05 bits per heavy atom. The van der Waals surface area contributed by atoms with Crippen LogP contribution in [-0.4, -0.2) is 6.10 Å². The minimum atomic E-state index is -0.0926. The van der Waals surface area contributed by atoms with E-state index in [1.165, 1.54) is 0 Å². The van der Waals surface area contributed by atoms with Crippen LogP contribution in [0.25, 0.3) is 0 Å². The normalized spacial score (nSPS) is 12.5. The lowest BCUT2D eigenvalue weighted by Gasteiger charge is -2.19. The zero-order chi connectivity index (χ0) is 15.4. The zero-order valence-electron chi connectivity index (χ0n) is 11.9. The summed E-state index contributed by atoms with van der Waals surface area (Å²) in [6, 6.07) is 13.9. The monoisotopic (exact) mass is 412 g/mol. The van der Waals surface area contributed by atoms with Crippen LogP contribution in [-0.2, 0) is 0 Å². The van der Waals surface area contributed by atoms with Gasteiger partial charge in [0.25, 0.3) is 0 Å². The van der Waals surface area contributed by atoms with Crippen LogP contribution >= 0.6 is 31.9 Å². The van der Waals surface area contributed by atoms with E-state index < -0.39 is 0 Å². The lowest BCUT2D eigenvalue weighted by molar-refractivity contribution is 0.242. The molecule has 0 bridgehead atoms. The largest absolute Gasteiger partial charge is 0.491 e. The average molecular weight is 414 g/mol. The van der Waals surface area contributed by atoms with E-state index in [4.69, 9.17) is 10.6 Å². The van der Waals surface area contributed by atoms with E-state index >= 15 is 0 Å². The summed E-state index contributed by atoms with van der Waals surface area (Å²) in [6.45, 7) is 4.02. The van der Waals surface area contributed by atoms with Gasteiger partial charge in [0.05, 0.1) is 12.1 Å². The molecular formula is C16H18Br2N2O. The highest BCUT2D eigenvalue weighted by molar-refractivity contribution is 9.11. The van der Waals surface area contributed by atoms with Gasteiger partial charge in [-0.3, -0.25) is 5.84 Å². The summed E-state index contributed by atoms with van der Waals surface area (Å²) in [5, 5.41) is 0. The standard InChI is InChI=1S/C16H18Br2N2O/c1-10(2)21-13-6-3-11(4-7-13)16(20-19)14-9-12(17)5-8-15(14)18/h3-10,16,20H,19H2,1-2H3. The van der Waals surface area contributed by atoms with Gasteiger partial charge in [0.15, 0.2) is 0 Å². The Kier molecular flexibility index (Phi) is 5.81. The molecule has 5 heteroatoms. The molecule has 0 saturated heterocycles. The van der Waals surface area contributed by atoms with Gasteiger partial charge in [0.1, 0.15) is 5.75 Å². The van der Waals surface area contributed by atoms with Crippen molar-refractivity contribution in [1.29, 1.82) is 0 Å². The second-order valence-corrected chi connectivity index (χ2v) is 6.77. The molecule has 2 aromatic rings. The molecular weight excluding hydrogens is 396 g/mol. The maximum Gasteiger partial charge on any atom is 0.119 e. The lowest BCUT2D eigenvalue weighted by Crippen LogP contribution is -2.29. The first-order valence-electron chi connectivity index (χ1n) is 6.69. The molecule has 0 amide bonds. The molecule has 3 nitrogen and oxygen atoms in total. The van der Waals surface area contributed by atoms with E-state index in [1.54, 1.807) is 0 Å². The summed E-state index contributed by atoms with van der Waals surface area (Å²) in [4.78, 5) is 0. The van der Waals surface area contributed by atoms with Gasteiger partial charge in [-0.05, 0) is 55.3 Å². The van der Waals surface area contributed by atoms with Crippen molar-refractivity contribution in [3.8, 4) is 5.75 Å². The van der Waals surface area contributed by atoms with Gasteiger partial charge in [-0.25, -0.2) is 5.43 Å². The van der Waals surface area contributed by atoms with Gasteiger partial charge in [-0.1, -0.05) is 44.0 Å². The van der Waals surface area contributed by atoms with Crippen molar-refractivity contribution in [3.05, 3.63) is 62.5 Å². The Labute approximate surface area is 142 Å². The van der Waals surface area contributed by atoms with Crippen LogP contribution < -0.4 is 16.0 Å². The van der Waals surface area contributed by atoms with Crippen molar-refractivity contribution in [2.24, 2.45) is 5.84 Å². The first kappa shape index (κ1) is 16.5. The third-order valence-corrected chi connectivity index (χ3v) is 4.24. The minimum Gasteiger partial charge on any atom is -0.491 e. The molecule has 1 unspecified atom stereocenters. The van der Waals surface area contributed by atoms with E-state index in [1.807, 2.05) is 56.3 Å². The second-order valence-electron chi connectivity index (χ2n) is 5.00. The highest BCUT2D eigenvalue weighted by Gasteiger charge is 2.16. The van der Waals surface area contributed by atoms with Crippen LogP contribution in [0.1, 0.15) is 31.0 Å². The number of halogens is 2. The SMILES string of the molecule is CC(C)Oc1ccc(C(NN)c2cc(Br)ccc2Br)cc1. The Balaban J connectivity index is 2.31. The maximum absolute atomic E-state index is 5.76. The summed E-state index contributed by atoms with van der Waals surface area (Å²) in [5.74, 6) is 6.62. The third-order valence-electron chi connectivity index (χ3n) is 3.02. The van der Waals surface area contributed by atoms with Crippen LogP contribution in [0.2, 0.25) is 0 Å². The molecule has 2 rings (SSSR count). The van der Waals surface area contributed by atoms with Crippen LogP contribution in [0, 0.1) is 0 Å². The fourth-order valence-corrected chi connectivity index (χ4v) is 2.97. The van der Waals surface area contributed by atoms with Gasteiger partial charge in [0, 0.05) is 8.95 Å². The van der Waals surface area contributed by atoms with Crippen molar-refractivity contribution in [2.75, 3.05) is 0 Å². The lowest BCUT2D eigenvalue weighted by atomic mass is 9.99. The van der Waals surface area contributed by atoms with Crippen molar-refractivity contribution >= 4 is 31.9 Å². The van der Waals surface area contributed by atoms with Gasteiger partial charge >= 0.3 is 0 Å². The number of rotatable bonds is 5. The van der Waals surface area contributed by atoms with Crippen LogP contribution in [0.15, 0.2) is 51.4 Å². The molecule has 1 atom stereocenters. The van der Waals surface area contributed by atoms with E-state index in [0.717, 1.165) is 25.8 Å². The Morgan fingerprint density at radius 2 is 1.71 bits per heavy atom. The molecule has 112 valence electrons. The van der Waals surface area contributed by atoms with E-state index in [9.17, 15) is 0 Å². The van der Waals surface area contributed by atoms with Crippen LogP contribution in [0.4, 0.5) is 0 Å². The molecule has 0 aliphatic heterocycles. The van der Waals surface area contributed by atoms with Crippen molar-refractivity contribution < 1.29 is 4.74 Å². The van der Waals surface area contributed by atoms with Gasteiger partial charge in [-0.2, -0.15) is 0 Å². The molecule has 0 aromatic heterocycles. The summed E-state index contributed by atoms with van der Waals surface area (Å²) in [5.41, 5.74) is 5.02. The van der Waals surface area contributed by atoms with Crippen molar-refractivity contribution in [2.45, 2.75) is 26.0 Å². The second kappa shape index (κ2) is 7.40. The predicted octanol–water partition coefficient (Wildman–Crippen LogP) is 4.55. The Bertz CT molecular complexity index is 600. The molecule has 0 aliphatic carbocycles. The average Bonchev–Trinajstić information content (AvgIpc) is 2.44. The fraction of sp³-hybridized carbons (Fsp3) is 0.250. The fourth-order valence-electron chi connectivity index (χ4n) is 2.11. The molecule has 0 saturated carbocycles. The molecule has 3 N–H and O–H groups in total. The minimum absolute atomic E-state index is 0.0926. The first-order chi connectivity index (χ1) is 10.0. The summed E-state index contributed by atoms with van der Waals surface area (Å²) in [7, 11) is 0. The number of ether oxygens (including phenoxy) is 1. The van der Waals surface area contributed by atoms with E-state index in [-0.39, 0.29) is 12.1 Å². The highest BCUT2D eigenvalue weighted by Crippen LogP contribution is 2.31. The van der Waals surface area contributed by atoms with Crippen molar-refractivity contribution in [1.82, 2.24) is 5.43 Å². The van der Waals surface area contributed by atoms with Crippen molar-refractivity contribution in [3.63, 3.8) is 0 Å². The van der Waals surface area contributed by atoms with E-state index in [0.29, 0.717) is 0 Å². The number of benzene rings is 2. The summed E-state index contributed by atoms with van der Waals surface area (Å²) < 4.78 is 7.69. The Hall–Kier alpha value is -0.880. The smallest absolute Gasteiger partial charge is 0.119 e. The summed E-state index contributed by atoms with van der Waals surface area (Å²) >= 11 is 7.07. The van der Waals surface area contributed by atoms with Crippen LogP contribution in [0.3, 0.4) is 0 Å². The first-order valence-corrected chi connectivity index (χ1v) is 8.27. The molecule has 2 aromatic carbocycles. The maximum atomic E-state index is 5.76. The molecule has 0 fully saturated rings. The number of nitrogens with one attached hydrogen (secondary N) is 1. The number of nitrogens with two attached hydrogens (primary N) is 1. The zero-order valence-corrected chi connectivity index (χ0v) is 15.1. The van der Waals surface area contributed by atoms with Gasteiger partial charge in [0.2, 0.25) is 0 Å². The van der Waals surface area contributed by atoms with Crippen LogP contribution in [0.5, 0.6) is 5.75 Å². The molecule has 0 heterocycles. The van der Waals surface area contributed by atoms with Gasteiger partial charge < -0.3 is 4.74 Å². The predicted molar refractivity (Wildman–Crippen MR) is 93.2 cm³/mol. The topological polar surface area (TPSA) is 47.3 Å². The number of hydrazine groups is 1. The molecule has 21 heavy (non-hydrogen) atoms. The quantitative estimate of drug-likeness (QED) is 0.558. The van der Waals surface area contributed by atoms with Gasteiger partial charge in [-0.15, -0.1) is 0 Å². The molecule has 0 aliphatic rings. The number of hydrogen-bond donors (Lipinski definition) is 2. The highest BCUT2D eigenvalue weighted by atomic mass is 79.9. The Morgan fingerprint density at radius 3 is 2.29 bits per heavy atom. The number of hydrogen-bond acceptors (Lipinski definition) is 3.